The lowest BCUT2D eigenvalue weighted by Gasteiger charge is -2.37. The third-order valence-corrected chi connectivity index (χ3v) is 6.96. The van der Waals surface area contributed by atoms with Gasteiger partial charge in [-0.25, -0.2) is 4.79 Å². The van der Waals surface area contributed by atoms with Crippen LogP contribution in [0.1, 0.15) is 66.3 Å². The Labute approximate surface area is 235 Å². The number of para-hydroxylation sites is 2. The Balaban J connectivity index is 0.000000996. The van der Waals surface area contributed by atoms with E-state index < -0.39 is 0 Å². The second-order valence-electron chi connectivity index (χ2n) is 9.29. The number of ether oxygens (including phenoxy) is 1. The van der Waals surface area contributed by atoms with Crippen LogP contribution in [0.3, 0.4) is 0 Å². The van der Waals surface area contributed by atoms with Crippen molar-refractivity contribution < 1.29 is 14.6 Å². The number of carbonyl (C=O) groups is 1. The molecule has 1 aromatic carbocycles. The van der Waals surface area contributed by atoms with Crippen LogP contribution in [0, 0.1) is 5.92 Å². The van der Waals surface area contributed by atoms with Crippen molar-refractivity contribution in [2.75, 3.05) is 46.9 Å². The number of fused-ring (bicyclic) bond motifs is 1. The Kier molecular flexibility index (Phi) is 16.2. The first-order valence-electron chi connectivity index (χ1n) is 14.6. The van der Waals surface area contributed by atoms with E-state index in [9.17, 15) is 14.7 Å². The van der Waals surface area contributed by atoms with Gasteiger partial charge in [-0.05, 0) is 63.9 Å². The van der Waals surface area contributed by atoms with Gasteiger partial charge in [0, 0.05) is 45.8 Å². The fraction of sp³-hybridized carbons (Fsp3) is 0.613. The van der Waals surface area contributed by atoms with Gasteiger partial charge in [0.15, 0.2) is 0 Å². The zero-order valence-corrected chi connectivity index (χ0v) is 25.4. The van der Waals surface area contributed by atoms with E-state index in [0.29, 0.717) is 31.9 Å². The second kappa shape index (κ2) is 18.4. The molecule has 8 heteroatoms. The highest BCUT2D eigenvalue weighted by Gasteiger charge is 2.32. The van der Waals surface area contributed by atoms with Gasteiger partial charge < -0.3 is 14.7 Å². The number of carbonyl (C=O) groups excluding carboxylic acids is 1. The quantitative estimate of drug-likeness (QED) is 0.376. The van der Waals surface area contributed by atoms with Gasteiger partial charge in [0.2, 0.25) is 5.91 Å². The maximum atomic E-state index is 13.1. The summed E-state index contributed by atoms with van der Waals surface area (Å²) >= 11 is 0. The largest absolute Gasteiger partial charge is 0.511 e. The van der Waals surface area contributed by atoms with Crippen LogP contribution in [0.2, 0.25) is 0 Å². The molecule has 1 aromatic heterocycles. The van der Waals surface area contributed by atoms with Gasteiger partial charge in [-0.15, -0.1) is 0 Å². The lowest BCUT2D eigenvalue weighted by Crippen LogP contribution is -2.46. The van der Waals surface area contributed by atoms with Crippen molar-refractivity contribution in [1.29, 1.82) is 0 Å². The number of aliphatic hydroxyl groups is 1. The molecule has 0 saturated carbocycles. The predicted octanol–water partition coefficient (Wildman–Crippen LogP) is 5.64. The molecule has 1 N–H and O–H groups in total. The maximum absolute atomic E-state index is 13.1. The summed E-state index contributed by atoms with van der Waals surface area (Å²) in [5.41, 5.74) is 2.03. The zero-order valence-electron chi connectivity index (χ0n) is 25.4. The van der Waals surface area contributed by atoms with Gasteiger partial charge >= 0.3 is 5.69 Å². The van der Waals surface area contributed by atoms with Crippen molar-refractivity contribution in [3.8, 4) is 0 Å². The molecule has 220 valence electrons. The minimum absolute atomic E-state index is 0.0538. The van der Waals surface area contributed by atoms with Crippen molar-refractivity contribution in [2.24, 2.45) is 5.92 Å². The number of likely N-dealkylation sites (tertiary alicyclic amines) is 2. The fourth-order valence-corrected chi connectivity index (χ4v) is 5.25. The topological polar surface area (TPSA) is 79.9 Å². The summed E-state index contributed by atoms with van der Waals surface area (Å²) in [6.45, 7) is 17.8. The van der Waals surface area contributed by atoms with Crippen LogP contribution in [-0.2, 0) is 16.1 Å². The van der Waals surface area contributed by atoms with Crippen LogP contribution < -0.4 is 5.69 Å². The number of aryl methyl sites for hydroxylation is 1. The minimum atomic E-state index is 0.0538. The summed E-state index contributed by atoms with van der Waals surface area (Å²) in [4.78, 5) is 30.3. The molecule has 39 heavy (non-hydrogen) atoms. The molecule has 4 rings (SSSR count). The molecule has 2 aliphatic rings. The number of aliphatic hydroxyl groups excluding tert-OH is 1. The van der Waals surface area contributed by atoms with Gasteiger partial charge in [0.25, 0.3) is 0 Å². The first kappa shape index (κ1) is 34.2. The number of imidazole rings is 1. The van der Waals surface area contributed by atoms with Gasteiger partial charge in [-0.2, -0.15) is 0 Å². The lowest BCUT2D eigenvalue weighted by molar-refractivity contribution is -0.138. The summed E-state index contributed by atoms with van der Waals surface area (Å²) in [6, 6.07) is 8.12. The Hall–Kier alpha value is -2.84. The number of aromatic nitrogens is 2. The van der Waals surface area contributed by atoms with Gasteiger partial charge in [-0.3, -0.25) is 18.8 Å². The Morgan fingerprint density at radius 3 is 2.05 bits per heavy atom. The standard InChI is InChI=1S/C25H34N4O3.C2H6O.2C2H6/c1-3-7-21(30)18-26-14-10-19(11-15-26)24(31)27-16-12-20(13-17-27)29-23-9-6-5-8-22(23)28(4-2)25(29)32;1-3-2;2*1-2/h3,5-9,19-20,30H,1,4,10-18H2,2H3;1-2H3;2*1-2H3/b21-7-;;;. The summed E-state index contributed by atoms with van der Waals surface area (Å²) in [5.74, 6) is 0.613. The molecular formula is C31H52N4O4. The van der Waals surface area contributed by atoms with Crippen LogP contribution in [0.25, 0.3) is 11.0 Å². The molecule has 2 aromatic rings. The molecule has 0 bridgehead atoms. The van der Waals surface area contributed by atoms with E-state index in [2.05, 4.69) is 16.2 Å². The molecule has 2 saturated heterocycles. The highest BCUT2D eigenvalue weighted by atomic mass is 16.4. The van der Waals surface area contributed by atoms with Crippen LogP contribution in [0.4, 0.5) is 0 Å². The minimum Gasteiger partial charge on any atom is -0.511 e. The van der Waals surface area contributed by atoms with E-state index >= 15 is 0 Å². The molecule has 0 aliphatic carbocycles. The van der Waals surface area contributed by atoms with Gasteiger partial charge in [-0.1, -0.05) is 52.5 Å². The molecule has 0 unspecified atom stereocenters. The van der Waals surface area contributed by atoms with Crippen molar-refractivity contribution in [3.63, 3.8) is 0 Å². The number of amides is 1. The van der Waals surface area contributed by atoms with E-state index in [0.717, 1.165) is 49.8 Å². The summed E-state index contributed by atoms with van der Waals surface area (Å²) < 4.78 is 8.03. The number of nitrogens with zero attached hydrogens (tertiary/aromatic N) is 4. The fourth-order valence-electron chi connectivity index (χ4n) is 5.25. The Morgan fingerprint density at radius 1 is 1.00 bits per heavy atom. The highest BCUT2D eigenvalue weighted by molar-refractivity contribution is 5.79. The molecule has 2 aliphatic heterocycles. The van der Waals surface area contributed by atoms with Crippen LogP contribution in [-0.4, -0.2) is 76.9 Å². The third-order valence-electron chi connectivity index (χ3n) is 6.96. The SMILES string of the molecule is C=C/C=C(\O)CN1CCC(C(=O)N2CCC(n3c(=O)n(CC)c4ccccc43)CC2)CC1.CC.CC.COC. The Morgan fingerprint density at radius 2 is 1.54 bits per heavy atom. The van der Waals surface area contributed by atoms with E-state index in [-0.39, 0.29) is 23.6 Å². The third kappa shape index (κ3) is 9.11. The molecule has 2 fully saturated rings. The smallest absolute Gasteiger partial charge is 0.329 e. The summed E-state index contributed by atoms with van der Waals surface area (Å²) in [7, 11) is 3.25. The highest BCUT2D eigenvalue weighted by Crippen LogP contribution is 2.28. The maximum Gasteiger partial charge on any atom is 0.329 e. The van der Waals surface area contributed by atoms with Crippen molar-refractivity contribution in [1.82, 2.24) is 18.9 Å². The van der Waals surface area contributed by atoms with Gasteiger partial charge in [0.05, 0.1) is 17.6 Å². The number of piperidine rings is 2. The van der Waals surface area contributed by atoms with E-state index in [1.807, 2.05) is 72.9 Å². The number of rotatable bonds is 6. The van der Waals surface area contributed by atoms with Crippen molar-refractivity contribution in [2.45, 2.75) is 72.9 Å². The second-order valence-corrected chi connectivity index (χ2v) is 9.29. The number of benzene rings is 1. The first-order chi connectivity index (χ1) is 18.9. The number of hydrogen-bond donors (Lipinski definition) is 1. The van der Waals surface area contributed by atoms with E-state index in [1.165, 1.54) is 0 Å². The van der Waals surface area contributed by atoms with Crippen molar-refractivity contribution >= 4 is 16.9 Å². The zero-order chi connectivity index (χ0) is 29.4. The van der Waals surface area contributed by atoms with E-state index in [4.69, 9.17) is 0 Å². The average Bonchev–Trinajstić information content (AvgIpc) is 3.26. The number of hydrogen-bond acceptors (Lipinski definition) is 5. The molecule has 0 spiro atoms. The molecular weight excluding hydrogens is 492 g/mol. The summed E-state index contributed by atoms with van der Waals surface area (Å²) in [6.07, 6.45) is 6.46. The van der Waals surface area contributed by atoms with Crippen LogP contribution in [0.15, 0.2) is 53.6 Å². The lowest BCUT2D eigenvalue weighted by atomic mass is 9.93. The number of allylic oxidation sites excluding steroid dienone is 2. The van der Waals surface area contributed by atoms with E-state index in [1.54, 1.807) is 26.4 Å². The van der Waals surface area contributed by atoms with Crippen molar-refractivity contribution in [3.05, 3.63) is 59.2 Å². The van der Waals surface area contributed by atoms with Gasteiger partial charge in [0.1, 0.15) is 5.76 Å². The van der Waals surface area contributed by atoms with Crippen LogP contribution >= 0.6 is 0 Å². The monoisotopic (exact) mass is 544 g/mol. The Bertz CT molecular complexity index is 1070. The molecule has 1 amide bonds. The number of methoxy groups -OCH3 is 1. The average molecular weight is 545 g/mol. The first-order valence-corrected chi connectivity index (χ1v) is 14.6. The molecule has 0 radical (unpaired) electrons. The molecule has 0 atom stereocenters. The summed E-state index contributed by atoms with van der Waals surface area (Å²) in [5, 5.41) is 9.85. The predicted molar refractivity (Wildman–Crippen MR) is 162 cm³/mol. The van der Waals surface area contributed by atoms with Crippen LogP contribution in [0.5, 0.6) is 0 Å². The molecule has 8 nitrogen and oxygen atoms in total. The molecule has 3 heterocycles. The normalized spacial score (nSPS) is 16.8.